The van der Waals surface area contributed by atoms with Crippen LogP contribution in [0, 0.1) is 5.92 Å². The zero-order valence-corrected chi connectivity index (χ0v) is 11.4. The number of thiocarbonyl (C=S) groups is 1. The van der Waals surface area contributed by atoms with Crippen molar-refractivity contribution in [1.82, 2.24) is 9.88 Å². The van der Waals surface area contributed by atoms with Crippen molar-refractivity contribution in [3.05, 3.63) is 29.6 Å². The highest BCUT2D eigenvalue weighted by Crippen LogP contribution is 2.19. The average Bonchev–Trinajstić information content (AvgIpc) is 2.34. The molecule has 0 aliphatic carbocycles. The molecule has 98 valence electrons. The molecule has 1 aliphatic rings. The summed E-state index contributed by atoms with van der Waals surface area (Å²) in [7, 11) is 0. The van der Waals surface area contributed by atoms with E-state index in [4.69, 9.17) is 18.0 Å². The molecule has 18 heavy (non-hydrogen) atoms. The van der Waals surface area contributed by atoms with Crippen molar-refractivity contribution in [3.63, 3.8) is 0 Å². The summed E-state index contributed by atoms with van der Waals surface area (Å²) in [6.45, 7) is 4.52. The summed E-state index contributed by atoms with van der Waals surface area (Å²) in [5, 5.41) is 9.90. The van der Waals surface area contributed by atoms with Gasteiger partial charge in [-0.15, -0.1) is 0 Å². The Kier molecular flexibility index (Phi) is 4.27. The van der Waals surface area contributed by atoms with Crippen LogP contribution in [0.25, 0.3) is 0 Å². The van der Waals surface area contributed by atoms with E-state index in [0.29, 0.717) is 23.1 Å². The Labute approximate surface area is 113 Å². The smallest absolute Gasteiger partial charge is 0.123 e. The number of hydrogen-bond donors (Lipinski definition) is 2. The van der Waals surface area contributed by atoms with E-state index in [0.717, 1.165) is 25.1 Å². The van der Waals surface area contributed by atoms with Crippen molar-refractivity contribution in [3.8, 4) is 0 Å². The standard InChI is InChI=1S/C13H19N3OS/c1-9-4-6-16(8-11(9)17)7-10-3-2-5-15-12(10)13(14)18/h2-3,5,9,11,17H,4,6-8H2,1H3,(H2,14,18). The lowest BCUT2D eigenvalue weighted by molar-refractivity contribution is 0.0258. The van der Waals surface area contributed by atoms with Gasteiger partial charge < -0.3 is 10.8 Å². The molecule has 4 nitrogen and oxygen atoms in total. The normalized spacial score (nSPS) is 25.0. The minimum atomic E-state index is -0.247. The van der Waals surface area contributed by atoms with Gasteiger partial charge in [0.1, 0.15) is 10.7 Å². The maximum Gasteiger partial charge on any atom is 0.123 e. The maximum atomic E-state index is 9.90. The fraction of sp³-hybridized carbons (Fsp3) is 0.538. The van der Waals surface area contributed by atoms with E-state index in [1.807, 2.05) is 12.1 Å². The van der Waals surface area contributed by atoms with Crippen LogP contribution < -0.4 is 5.73 Å². The van der Waals surface area contributed by atoms with Crippen LogP contribution in [-0.2, 0) is 6.54 Å². The first-order valence-electron chi connectivity index (χ1n) is 6.22. The zero-order valence-electron chi connectivity index (χ0n) is 10.5. The molecule has 5 heteroatoms. The first-order chi connectivity index (χ1) is 8.58. The van der Waals surface area contributed by atoms with E-state index >= 15 is 0 Å². The molecule has 0 aromatic carbocycles. The van der Waals surface area contributed by atoms with Crippen LogP contribution in [0.2, 0.25) is 0 Å². The monoisotopic (exact) mass is 265 g/mol. The predicted molar refractivity (Wildman–Crippen MR) is 75.2 cm³/mol. The Morgan fingerprint density at radius 1 is 1.67 bits per heavy atom. The quantitative estimate of drug-likeness (QED) is 0.796. The van der Waals surface area contributed by atoms with Crippen LogP contribution >= 0.6 is 12.2 Å². The zero-order chi connectivity index (χ0) is 13.1. The molecule has 0 bridgehead atoms. The highest BCUT2D eigenvalue weighted by atomic mass is 32.1. The van der Waals surface area contributed by atoms with Gasteiger partial charge in [0.2, 0.25) is 0 Å². The number of piperidine rings is 1. The Balaban J connectivity index is 2.08. The second-order valence-electron chi connectivity index (χ2n) is 4.94. The van der Waals surface area contributed by atoms with Crippen LogP contribution in [0.4, 0.5) is 0 Å². The van der Waals surface area contributed by atoms with Gasteiger partial charge in [-0.05, 0) is 30.5 Å². The third-order valence-electron chi connectivity index (χ3n) is 3.52. The summed E-state index contributed by atoms with van der Waals surface area (Å²) in [6, 6.07) is 3.88. The molecule has 2 heterocycles. The third-order valence-corrected chi connectivity index (χ3v) is 3.71. The van der Waals surface area contributed by atoms with Crippen molar-refractivity contribution < 1.29 is 5.11 Å². The fourth-order valence-corrected chi connectivity index (χ4v) is 2.47. The summed E-state index contributed by atoms with van der Waals surface area (Å²) in [4.78, 5) is 6.78. The molecule has 0 amide bonds. The minimum Gasteiger partial charge on any atom is -0.392 e. The Morgan fingerprint density at radius 2 is 2.44 bits per heavy atom. The SMILES string of the molecule is CC1CCN(Cc2cccnc2C(N)=S)CC1O. The van der Waals surface area contributed by atoms with Crippen LogP contribution in [0.1, 0.15) is 24.6 Å². The third kappa shape index (κ3) is 3.04. The summed E-state index contributed by atoms with van der Waals surface area (Å²) in [5.41, 5.74) is 7.40. The van der Waals surface area contributed by atoms with Gasteiger partial charge in [-0.2, -0.15) is 0 Å². The first kappa shape index (κ1) is 13.4. The fourth-order valence-electron chi connectivity index (χ4n) is 2.29. The lowest BCUT2D eigenvalue weighted by Crippen LogP contribution is -2.42. The molecule has 0 saturated carbocycles. The van der Waals surface area contributed by atoms with Crippen LogP contribution in [-0.4, -0.2) is 39.2 Å². The predicted octanol–water partition coefficient (Wildman–Crippen LogP) is 0.918. The first-order valence-corrected chi connectivity index (χ1v) is 6.63. The number of β-amino-alcohol motifs (C(OH)–C–C–N with tert-alkyl or cyclic N) is 1. The van der Waals surface area contributed by atoms with E-state index in [9.17, 15) is 5.11 Å². The van der Waals surface area contributed by atoms with Gasteiger partial charge in [0.15, 0.2) is 0 Å². The molecule has 1 aromatic heterocycles. The molecular weight excluding hydrogens is 246 g/mol. The van der Waals surface area contributed by atoms with Gasteiger partial charge in [-0.25, -0.2) is 0 Å². The van der Waals surface area contributed by atoms with E-state index in [1.54, 1.807) is 6.20 Å². The van der Waals surface area contributed by atoms with Crippen molar-refractivity contribution >= 4 is 17.2 Å². The Bertz CT molecular complexity index is 438. The second-order valence-corrected chi connectivity index (χ2v) is 5.38. The highest BCUT2D eigenvalue weighted by molar-refractivity contribution is 7.80. The number of rotatable bonds is 3. The minimum absolute atomic E-state index is 0.247. The molecule has 3 N–H and O–H groups in total. The largest absolute Gasteiger partial charge is 0.392 e. The second kappa shape index (κ2) is 5.73. The van der Waals surface area contributed by atoms with Crippen molar-refractivity contribution in [2.75, 3.05) is 13.1 Å². The molecule has 1 fully saturated rings. The molecule has 1 saturated heterocycles. The van der Waals surface area contributed by atoms with E-state index in [1.165, 1.54) is 0 Å². The summed E-state index contributed by atoms with van der Waals surface area (Å²) < 4.78 is 0. The van der Waals surface area contributed by atoms with Gasteiger partial charge in [-0.3, -0.25) is 9.88 Å². The topological polar surface area (TPSA) is 62.4 Å². The van der Waals surface area contributed by atoms with Crippen LogP contribution in [0.15, 0.2) is 18.3 Å². The van der Waals surface area contributed by atoms with Crippen LogP contribution in [0.5, 0.6) is 0 Å². The molecule has 0 spiro atoms. The molecule has 1 aromatic rings. The number of aromatic nitrogens is 1. The highest BCUT2D eigenvalue weighted by Gasteiger charge is 2.24. The molecule has 2 unspecified atom stereocenters. The van der Waals surface area contributed by atoms with E-state index in [-0.39, 0.29) is 6.10 Å². The Morgan fingerprint density at radius 3 is 3.11 bits per heavy atom. The Hall–Kier alpha value is -1.04. The molecule has 0 radical (unpaired) electrons. The maximum absolute atomic E-state index is 9.90. The molecule has 2 atom stereocenters. The summed E-state index contributed by atoms with van der Waals surface area (Å²) in [6.07, 6.45) is 2.47. The summed E-state index contributed by atoms with van der Waals surface area (Å²) >= 11 is 5.01. The lowest BCUT2D eigenvalue weighted by atomic mass is 9.95. The average molecular weight is 265 g/mol. The van der Waals surface area contributed by atoms with Gasteiger partial charge in [-0.1, -0.05) is 25.2 Å². The van der Waals surface area contributed by atoms with Crippen molar-refractivity contribution in [2.24, 2.45) is 11.7 Å². The van der Waals surface area contributed by atoms with Crippen LogP contribution in [0.3, 0.4) is 0 Å². The number of nitrogens with zero attached hydrogens (tertiary/aromatic N) is 2. The lowest BCUT2D eigenvalue weighted by Gasteiger charge is -2.34. The number of aliphatic hydroxyl groups is 1. The molecular formula is C13H19N3OS. The van der Waals surface area contributed by atoms with Gasteiger partial charge in [0.25, 0.3) is 0 Å². The number of pyridine rings is 1. The van der Waals surface area contributed by atoms with E-state index in [2.05, 4.69) is 16.8 Å². The summed E-state index contributed by atoms with van der Waals surface area (Å²) in [5.74, 6) is 0.380. The number of hydrogen-bond acceptors (Lipinski definition) is 4. The number of nitrogens with two attached hydrogens (primary N) is 1. The van der Waals surface area contributed by atoms with Gasteiger partial charge in [0, 0.05) is 19.3 Å². The number of aliphatic hydroxyl groups excluding tert-OH is 1. The molecule has 2 rings (SSSR count). The van der Waals surface area contributed by atoms with Gasteiger partial charge in [0.05, 0.1) is 6.10 Å². The van der Waals surface area contributed by atoms with Crippen molar-refractivity contribution in [1.29, 1.82) is 0 Å². The number of likely N-dealkylation sites (tertiary alicyclic amines) is 1. The van der Waals surface area contributed by atoms with Gasteiger partial charge >= 0.3 is 0 Å². The van der Waals surface area contributed by atoms with Crippen molar-refractivity contribution in [2.45, 2.75) is 26.0 Å². The van der Waals surface area contributed by atoms with E-state index < -0.39 is 0 Å². The molecule has 1 aliphatic heterocycles.